The standard InChI is InChI=1S/C14H19ClN2O2/c15-10-1-7-13(8-2-10)19-9-14(18)17-12-5-3-11(16)4-6-12/h1-2,7-8,11-12H,3-6,9,16H2,(H,17,18). The van der Waals surface area contributed by atoms with E-state index in [2.05, 4.69) is 5.32 Å². The van der Waals surface area contributed by atoms with E-state index in [1.54, 1.807) is 24.3 Å². The Labute approximate surface area is 118 Å². The summed E-state index contributed by atoms with van der Waals surface area (Å²) >= 11 is 5.77. The van der Waals surface area contributed by atoms with Crippen LogP contribution in [0.4, 0.5) is 0 Å². The Hall–Kier alpha value is -1.26. The number of benzene rings is 1. The number of rotatable bonds is 4. The molecule has 0 atom stereocenters. The minimum Gasteiger partial charge on any atom is -0.484 e. The maximum absolute atomic E-state index is 11.7. The van der Waals surface area contributed by atoms with Crippen molar-refractivity contribution in [3.8, 4) is 5.75 Å². The molecule has 0 aromatic heterocycles. The summed E-state index contributed by atoms with van der Waals surface area (Å²) in [5.74, 6) is 0.556. The minimum atomic E-state index is -0.0876. The molecular formula is C14H19ClN2O2. The molecule has 0 bridgehead atoms. The number of amides is 1. The zero-order valence-corrected chi connectivity index (χ0v) is 11.5. The SMILES string of the molecule is NC1CCC(NC(=O)COc2ccc(Cl)cc2)CC1. The maximum Gasteiger partial charge on any atom is 0.258 e. The number of hydrogen-bond donors (Lipinski definition) is 2. The second kappa shape index (κ2) is 6.78. The second-order valence-corrected chi connectivity index (χ2v) is 5.36. The molecule has 1 fully saturated rings. The van der Waals surface area contributed by atoms with Gasteiger partial charge in [0.1, 0.15) is 5.75 Å². The molecule has 0 saturated heterocycles. The van der Waals surface area contributed by atoms with Crippen molar-refractivity contribution in [3.05, 3.63) is 29.3 Å². The van der Waals surface area contributed by atoms with E-state index in [1.807, 2.05) is 0 Å². The first-order valence-corrected chi connectivity index (χ1v) is 6.94. The Morgan fingerprint density at radius 3 is 2.53 bits per heavy atom. The first-order valence-electron chi connectivity index (χ1n) is 6.57. The number of nitrogens with one attached hydrogen (secondary N) is 1. The van der Waals surface area contributed by atoms with Crippen molar-refractivity contribution in [2.45, 2.75) is 37.8 Å². The first-order chi connectivity index (χ1) is 9.13. The second-order valence-electron chi connectivity index (χ2n) is 4.92. The van der Waals surface area contributed by atoms with Gasteiger partial charge in [-0.05, 0) is 49.9 Å². The summed E-state index contributed by atoms with van der Waals surface area (Å²) in [6, 6.07) is 7.48. The molecule has 104 valence electrons. The number of carbonyl (C=O) groups is 1. The van der Waals surface area contributed by atoms with Gasteiger partial charge >= 0.3 is 0 Å². The van der Waals surface area contributed by atoms with Crippen LogP contribution >= 0.6 is 11.6 Å². The van der Waals surface area contributed by atoms with Gasteiger partial charge < -0.3 is 15.8 Å². The van der Waals surface area contributed by atoms with Crippen molar-refractivity contribution in [2.24, 2.45) is 5.73 Å². The van der Waals surface area contributed by atoms with Crippen LogP contribution < -0.4 is 15.8 Å². The zero-order valence-electron chi connectivity index (χ0n) is 10.8. The molecule has 4 nitrogen and oxygen atoms in total. The molecule has 0 spiro atoms. The Balaban J connectivity index is 1.71. The van der Waals surface area contributed by atoms with E-state index in [0.717, 1.165) is 25.7 Å². The number of nitrogens with two attached hydrogens (primary N) is 1. The number of carbonyl (C=O) groups excluding carboxylic acids is 1. The highest BCUT2D eigenvalue weighted by atomic mass is 35.5. The van der Waals surface area contributed by atoms with Crippen LogP contribution in [0.25, 0.3) is 0 Å². The Morgan fingerprint density at radius 2 is 1.89 bits per heavy atom. The van der Waals surface area contributed by atoms with Crippen molar-refractivity contribution in [2.75, 3.05) is 6.61 Å². The molecule has 1 saturated carbocycles. The van der Waals surface area contributed by atoms with Gasteiger partial charge in [0, 0.05) is 17.1 Å². The highest BCUT2D eigenvalue weighted by Crippen LogP contribution is 2.17. The van der Waals surface area contributed by atoms with Crippen LogP contribution in [0.2, 0.25) is 5.02 Å². The van der Waals surface area contributed by atoms with Crippen molar-refractivity contribution < 1.29 is 9.53 Å². The van der Waals surface area contributed by atoms with Crippen LogP contribution in [0, 0.1) is 0 Å². The van der Waals surface area contributed by atoms with Crippen LogP contribution in [0.3, 0.4) is 0 Å². The third kappa shape index (κ3) is 4.73. The smallest absolute Gasteiger partial charge is 0.258 e. The zero-order chi connectivity index (χ0) is 13.7. The van der Waals surface area contributed by atoms with Gasteiger partial charge in [-0.25, -0.2) is 0 Å². The third-order valence-corrected chi connectivity index (χ3v) is 3.57. The summed E-state index contributed by atoms with van der Waals surface area (Å²) in [5.41, 5.74) is 5.83. The highest BCUT2D eigenvalue weighted by Gasteiger charge is 2.19. The van der Waals surface area contributed by atoms with Crippen molar-refractivity contribution in [3.63, 3.8) is 0 Å². The fourth-order valence-corrected chi connectivity index (χ4v) is 2.34. The molecule has 1 aromatic rings. The summed E-state index contributed by atoms with van der Waals surface area (Å²) < 4.78 is 5.39. The third-order valence-electron chi connectivity index (χ3n) is 3.32. The van der Waals surface area contributed by atoms with Gasteiger partial charge in [-0.3, -0.25) is 4.79 Å². The topological polar surface area (TPSA) is 64.3 Å². The number of halogens is 1. The molecule has 1 aliphatic rings. The van der Waals surface area contributed by atoms with Gasteiger partial charge in [0.2, 0.25) is 0 Å². The predicted octanol–water partition coefficient (Wildman–Crippen LogP) is 2.10. The molecule has 0 radical (unpaired) electrons. The van der Waals surface area contributed by atoms with E-state index in [1.165, 1.54) is 0 Å². The van der Waals surface area contributed by atoms with E-state index in [9.17, 15) is 4.79 Å². The average Bonchev–Trinajstić information content (AvgIpc) is 2.41. The quantitative estimate of drug-likeness (QED) is 0.889. The van der Waals surface area contributed by atoms with Gasteiger partial charge in [-0.15, -0.1) is 0 Å². The summed E-state index contributed by atoms with van der Waals surface area (Å²) in [6.45, 7) is 0.0319. The summed E-state index contributed by atoms with van der Waals surface area (Å²) in [5, 5.41) is 3.62. The van der Waals surface area contributed by atoms with Gasteiger partial charge in [0.25, 0.3) is 5.91 Å². The molecule has 0 heterocycles. The lowest BCUT2D eigenvalue weighted by Gasteiger charge is -2.26. The molecule has 1 amide bonds. The van der Waals surface area contributed by atoms with Gasteiger partial charge in [0.15, 0.2) is 6.61 Å². The largest absolute Gasteiger partial charge is 0.484 e. The van der Waals surface area contributed by atoms with Crippen molar-refractivity contribution in [1.82, 2.24) is 5.32 Å². The van der Waals surface area contributed by atoms with E-state index < -0.39 is 0 Å². The van der Waals surface area contributed by atoms with Gasteiger partial charge in [0.05, 0.1) is 0 Å². The van der Waals surface area contributed by atoms with Crippen LogP contribution in [0.5, 0.6) is 5.75 Å². The summed E-state index contributed by atoms with van der Waals surface area (Å²) in [6.07, 6.45) is 3.85. The monoisotopic (exact) mass is 282 g/mol. The predicted molar refractivity (Wildman–Crippen MR) is 75.3 cm³/mol. The molecule has 0 aliphatic heterocycles. The fraction of sp³-hybridized carbons (Fsp3) is 0.500. The number of hydrogen-bond acceptors (Lipinski definition) is 3. The molecule has 19 heavy (non-hydrogen) atoms. The first kappa shape index (κ1) is 14.2. The van der Waals surface area contributed by atoms with Crippen LogP contribution in [-0.2, 0) is 4.79 Å². The Kier molecular flexibility index (Phi) is 5.05. The molecule has 1 aromatic carbocycles. The van der Waals surface area contributed by atoms with Crippen molar-refractivity contribution in [1.29, 1.82) is 0 Å². The summed E-state index contributed by atoms with van der Waals surface area (Å²) in [7, 11) is 0. The number of ether oxygens (including phenoxy) is 1. The maximum atomic E-state index is 11.7. The van der Waals surface area contributed by atoms with E-state index in [-0.39, 0.29) is 18.6 Å². The van der Waals surface area contributed by atoms with Gasteiger partial charge in [-0.1, -0.05) is 11.6 Å². The molecule has 5 heteroatoms. The van der Waals surface area contributed by atoms with Crippen LogP contribution in [0.1, 0.15) is 25.7 Å². The van der Waals surface area contributed by atoms with E-state index in [0.29, 0.717) is 16.8 Å². The summed E-state index contributed by atoms with van der Waals surface area (Å²) in [4.78, 5) is 11.7. The van der Waals surface area contributed by atoms with E-state index >= 15 is 0 Å². The van der Waals surface area contributed by atoms with Crippen LogP contribution in [-0.4, -0.2) is 24.6 Å². The average molecular weight is 283 g/mol. The minimum absolute atomic E-state index is 0.0319. The lowest BCUT2D eigenvalue weighted by Crippen LogP contribution is -2.42. The van der Waals surface area contributed by atoms with Crippen LogP contribution in [0.15, 0.2) is 24.3 Å². The lowest BCUT2D eigenvalue weighted by atomic mass is 9.92. The molecular weight excluding hydrogens is 264 g/mol. The lowest BCUT2D eigenvalue weighted by molar-refractivity contribution is -0.124. The Morgan fingerprint density at radius 1 is 1.26 bits per heavy atom. The fourth-order valence-electron chi connectivity index (χ4n) is 2.21. The highest BCUT2D eigenvalue weighted by molar-refractivity contribution is 6.30. The Bertz CT molecular complexity index is 414. The van der Waals surface area contributed by atoms with Gasteiger partial charge in [-0.2, -0.15) is 0 Å². The van der Waals surface area contributed by atoms with E-state index in [4.69, 9.17) is 22.1 Å². The van der Waals surface area contributed by atoms with Crippen molar-refractivity contribution >= 4 is 17.5 Å². The molecule has 0 unspecified atom stereocenters. The molecule has 2 rings (SSSR count). The normalized spacial score (nSPS) is 22.8. The molecule has 1 aliphatic carbocycles. The molecule has 3 N–H and O–H groups in total.